The van der Waals surface area contributed by atoms with Crippen molar-refractivity contribution < 1.29 is 13.2 Å². The van der Waals surface area contributed by atoms with Gasteiger partial charge in [0.25, 0.3) is 0 Å². The van der Waals surface area contributed by atoms with Gasteiger partial charge in [0.2, 0.25) is 10.0 Å². The maximum atomic E-state index is 13.2. The molecule has 26 heavy (non-hydrogen) atoms. The van der Waals surface area contributed by atoms with Gasteiger partial charge in [-0.25, -0.2) is 8.42 Å². The van der Waals surface area contributed by atoms with E-state index in [0.717, 1.165) is 48.6 Å². The summed E-state index contributed by atoms with van der Waals surface area (Å²) in [6.45, 7) is 6.22. The molecule has 1 aliphatic heterocycles. The van der Waals surface area contributed by atoms with E-state index in [9.17, 15) is 8.42 Å². The Morgan fingerprint density at radius 1 is 1.04 bits per heavy atom. The van der Waals surface area contributed by atoms with Gasteiger partial charge < -0.3 is 4.74 Å². The van der Waals surface area contributed by atoms with Gasteiger partial charge in [0.05, 0.1) is 11.5 Å². The van der Waals surface area contributed by atoms with Gasteiger partial charge in [0, 0.05) is 23.9 Å². The fraction of sp³-hybridized carbons (Fsp3) is 0.524. The van der Waals surface area contributed by atoms with Crippen LogP contribution < -0.4 is 4.74 Å². The first-order valence-electron chi connectivity index (χ1n) is 9.68. The number of hydrogen-bond acceptors (Lipinski definition) is 3. The maximum Gasteiger partial charge on any atom is 0.243 e. The summed E-state index contributed by atoms with van der Waals surface area (Å²) in [6.07, 6.45) is 5.15. The SMILES string of the molecule is CCCCCOc1ccc(S(=O)(=O)N2CCC(C)CC2)c2ccccc12. The van der Waals surface area contributed by atoms with E-state index in [1.165, 1.54) is 0 Å². The lowest BCUT2D eigenvalue weighted by Gasteiger charge is -2.29. The third-order valence-electron chi connectivity index (χ3n) is 5.21. The summed E-state index contributed by atoms with van der Waals surface area (Å²) in [4.78, 5) is 0.392. The molecular formula is C21H29NO3S. The number of rotatable bonds is 7. The first-order valence-corrected chi connectivity index (χ1v) is 11.1. The molecule has 1 aliphatic rings. The van der Waals surface area contributed by atoms with Gasteiger partial charge >= 0.3 is 0 Å². The zero-order chi connectivity index (χ0) is 18.6. The average Bonchev–Trinajstić information content (AvgIpc) is 2.65. The van der Waals surface area contributed by atoms with E-state index in [2.05, 4.69) is 13.8 Å². The van der Waals surface area contributed by atoms with Crippen LogP contribution in [0.5, 0.6) is 5.75 Å². The Kier molecular flexibility index (Phi) is 6.20. The van der Waals surface area contributed by atoms with E-state index in [1.807, 2.05) is 30.3 Å². The minimum absolute atomic E-state index is 0.392. The third kappa shape index (κ3) is 4.04. The van der Waals surface area contributed by atoms with Crippen molar-refractivity contribution in [2.75, 3.05) is 19.7 Å². The molecule has 5 heteroatoms. The van der Waals surface area contributed by atoms with E-state index >= 15 is 0 Å². The van der Waals surface area contributed by atoms with Crippen molar-refractivity contribution in [2.45, 2.75) is 50.8 Å². The van der Waals surface area contributed by atoms with E-state index in [-0.39, 0.29) is 0 Å². The molecule has 0 atom stereocenters. The summed E-state index contributed by atoms with van der Waals surface area (Å²) in [5, 5.41) is 1.62. The molecule has 1 fully saturated rings. The Morgan fingerprint density at radius 2 is 1.73 bits per heavy atom. The van der Waals surface area contributed by atoms with Gasteiger partial charge in [0.15, 0.2) is 0 Å². The molecule has 1 saturated heterocycles. The second-order valence-electron chi connectivity index (χ2n) is 7.25. The van der Waals surface area contributed by atoms with Crippen LogP contribution in [0, 0.1) is 5.92 Å². The van der Waals surface area contributed by atoms with Crippen molar-refractivity contribution in [1.82, 2.24) is 4.31 Å². The number of fused-ring (bicyclic) bond motifs is 1. The van der Waals surface area contributed by atoms with E-state index in [0.29, 0.717) is 30.5 Å². The van der Waals surface area contributed by atoms with Crippen LogP contribution in [0.3, 0.4) is 0 Å². The number of ether oxygens (including phenoxy) is 1. The first-order chi connectivity index (χ1) is 12.5. The van der Waals surface area contributed by atoms with Gasteiger partial charge in [-0.3, -0.25) is 0 Å². The number of benzene rings is 2. The lowest BCUT2D eigenvalue weighted by atomic mass is 10.0. The fourth-order valence-electron chi connectivity index (χ4n) is 3.49. The molecule has 142 valence electrons. The minimum atomic E-state index is -3.48. The van der Waals surface area contributed by atoms with Gasteiger partial charge in [-0.1, -0.05) is 51.0 Å². The van der Waals surface area contributed by atoms with Crippen molar-refractivity contribution in [2.24, 2.45) is 5.92 Å². The largest absolute Gasteiger partial charge is 0.493 e. The van der Waals surface area contributed by atoms with Crippen LogP contribution in [0.25, 0.3) is 10.8 Å². The van der Waals surface area contributed by atoms with E-state index in [4.69, 9.17) is 4.74 Å². The fourth-order valence-corrected chi connectivity index (χ4v) is 5.16. The highest BCUT2D eigenvalue weighted by atomic mass is 32.2. The Balaban J connectivity index is 1.92. The Morgan fingerprint density at radius 3 is 2.42 bits per heavy atom. The van der Waals surface area contributed by atoms with Crippen LogP contribution in [-0.2, 0) is 10.0 Å². The molecule has 0 saturated carbocycles. The summed E-state index contributed by atoms with van der Waals surface area (Å²) in [5.74, 6) is 1.36. The van der Waals surface area contributed by atoms with Crippen molar-refractivity contribution in [1.29, 1.82) is 0 Å². The number of unbranched alkanes of at least 4 members (excludes halogenated alkanes) is 2. The zero-order valence-corrected chi connectivity index (χ0v) is 16.6. The van der Waals surface area contributed by atoms with Crippen molar-refractivity contribution in [3.8, 4) is 5.75 Å². The van der Waals surface area contributed by atoms with Crippen LogP contribution in [-0.4, -0.2) is 32.4 Å². The number of sulfonamides is 1. The minimum Gasteiger partial charge on any atom is -0.493 e. The predicted octanol–water partition coefficient (Wildman–Crippen LogP) is 4.83. The monoisotopic (exact) mass is 375 g/mol. The highest BCUT2D eigenvalue weighted by molar-refractivity contribution is 7.89. The topological polar surface area (TPSA) is 46.6 Å². The smallest absolute Gasteiger partial charge is 0.243 e. The molecule has 0 N–H and O–H groups in total. The zero-order valence-electron chi connectivity index (χ0n) is 15.8. The predicted molar refractivity (Wildman–Crippen MR) is 106 cm³/mol. The van der Waals surface area contributed by atoms with Crippen molar-refractivity contribution in [3.05, 3.63) is 36.4 Å². The Bertz CT molecular complexity index is 839. The lowest BCUT2D eigenvalue weighted by Crippen LogP contribution is -2.37. The summed E-state index contributed by atoms with van der Waals surface area (Å²) in [5.41, 5.74) is 0. The normalized spacial score (nSPS) is 16.8. The van der Waals surface area contributed by atoms with Crippen LogP contribution in [0.1, 0.15) is 46.0 Å². The third-order valence-corrected chi connectivity index (χ3v) is 7.17. The second-order valence-corrected chi connectivity index (χ2v) is 9.16. The molecule has 0 unspecified atom stereocenters. The average molecular weight is 376 g/mol. The lowest BCUT2D eigenvalue weighted by molar-refractivity contribution is 0.288. The Hall–Kier alpha value is -1.59. The maximum absolute atomic E-state index is 13.2. The summed E-state index contributed by atoms with van der Waals surface area (Å²) >= 11 is 0. The summed E-state index contributed by atoms with van der Waals surface area (Å²) in [6, 6.07) is 11.2. The molecule has 4 nitrogen and oxygen atoms in total. The number of nitrogens with zero attached hydrogens (tertiary/aromatic N) is 1. The van der Waals surface area contributed by atoms with Crippen LogP contribution in [0.4, 0.5) is 0 Å². The molecule has 0 amide bonds. The van der Waals surface area contributed by atoms with Gasteiger partial charge in [-0.05, 0) is 37.3 Å². The highest BCUT2D eigenvalue weighted by Crippen LogP contribution is 2.33. The van der Waals surface area contributed by atoms with Crippen LogP contribution in [0.15, 0.2) is 41.3 Å². The van der Waals surface area contributed by atoms with Gasteiger partial charge in [-0.15, -0.1) is 0 Å². The molecule has 1 heterocycles. The highest BCUT2D eigenvalue weighted by Gasteiger charge is 2.29. The molecule has 0 aromatic heterocycles. The summed E-state index contributed by atoms with van der Waals surface area (Å²) < 4.78 is 34.0. The molecular weight excluding hydrogens is 346 g/mol. The summed E-state index contributed by atoms with van der Waals surface area (Å²) in [7, 11) is -3.48. The van der Waals surface area contributed by atoms with E-state index in [1.54, 1.807) is 10.4 Å². The molecule has 0 aliphatic carbocycles. The number of hydrogen-bond donors (Lipinski definition) is 0. The van der Waals surface area contributed by atoms with Crippen molar-refractivity contribution in [3.63, 3.8) is 0 Å². The van der Waals surface area contributed by atoms with E-state index < -0.39 is 10.0 Å². The standard InChI is InChI=1S/C21H29NO3S/c1-3-4-7-16-25-20-10-11-21(19-9-6-5-8-18(19)20)26(23,24)22-14-12-17(2)13-15-22/h5-6,8-11,17H,3-4,7,12-16H2,1-2H3. The van der Waals surface area contributed by atoms with Gasteiger partial charge in [0.1, 0.15) is 5.75 Å². The number of piperidine rings is 1. The molecule has 3 rings (SSSR count). The first kappa shape index (κ1) is 19.2. The molecule has 0 bridgehead atoms. The molecule has 2 aromatic rings. The van der Waals surface area contributed by atoms with Crippen LogP contribution in [0.2, 0.25) is 0 Å². The quantitative estimate of drug-likeness (QED) is 0.651. The molecule has 0 spiro atoms. The second kappa shape index (κ2) is 8.40. The van der Waals surface area contributed by atoms with Crippen LogP contribution >= 0.6 is 0 Å². The van der Waals surface area contributed by atoms with Crippen molar-refractivity contribution >= 4 is 20.8 Å². The Labute approximate surface area is 157 Å². The molecule has 0 radical (unpaired) electrons. The van der Waals surface area contributed by atoms with Gasteiger partial charge in [-0.2, -0.15) is 4.31 Å². The molecule has 2 aromatic carbocycles.